The lowest BCUT2D eigenvalue weighted by molar-refractivity contribution is -0.187. The summed E-state index contributed by atoms with van der Waals surface area (Å²) < 4.78 is 11.5. The van der Waals surface area contributed by atoms with Crippen LogP contribution in [0.25, 0.3) is 11.5 Å². The molecule has 7 atom stereocenters. The number of carboxylic acids is 2. The van der Waals surface area contributed by atoms with E-state index < -0.39 is 121 Å². The number of rotatable bonds is 26. The summed E-state index contributed by atoms with van der Waals surface area (Å²) >= 11 is 0. The topological polar surface area (TPSA) is 333 Å². The van der Waals surface area contributed by atoms with E-state index in [-0.39, 0.29) is 62.2 Å². The molecule has 0 bridgehead atoms. The number of carboxylic acid groups (broad SMARTS) is 2. The number of benzene rings is 1. The second-order valence-electron chi connectivity index (χ2n) is 17.5. The molecule has 1 aliphatic rings. The fourth-order valence-corrected chi connectivity index (χ4v) is 7.67. The maximum atomic E-state index is 14.8. The van der Waals surface area contributed by atoms with E-state index in [0.717, 1.165) is 17.5 Å². The van der Waals surface area contributed by atoms with Crippen molar-refractivity contribution in [3.63, 3.8) is 0 Å². The number of carbonyl (C=O) groups excluding carboxylic acids is 7. The molecule has 0 spiro atoms. The maximum absolute atomic E-state index is 14.8. The number of hydroxylamine groups is 2. The van der Waals surface area contributed by atoms with E-state index in [1.54, 1.807) is 45.2 Å². The molecule has 0 aliphatic carbocycles. The molecule has 386 valence electrons. The molecule has 4 rings (SSSR count). The van der Waals surface area contributed by atoms with Crippen molar-refractivity contribution < 1.29 is 67.8 Å². The lowest BCUT2D eigenvalue weighted by atomic mass is 9.95. The third kappa shape index (κ3) is 16.7. The Labute approximate surface area is 410 Å². The van der Waals surface area contributed by atoms with Gasteiger partial charge in [-0.2, -0.15) is 4.98 Å². The Kier molecular flexibility index (Phi) is 21.5. The van der Waals surface area contributed by atoms with Crippen molar-refractivity contribution in [1.29, 1.82) is 0 Å². The molecule has 1 aliphatic heterocycles. The first-order valence-corrected chi connectivity index (χ1v) is 23.4. The van der Waals surface area contributed by atoms with Crippen LogP contribution in [0.1, 0.15) is 97.9 Å². The zero-order valence-electron chi connectivity index (χ0n) is 40.6. The molecule has 1 saturated heterocycles. The molecule has 0 radical (unpaired) electrons. The Bertz CT molecular complexity index is 2300. The summed E-state index contributed by atoms with van der Waals surface area (Å²) in [5, 5.41) is 42.4. The SMILES string of the molecule is CCCN(NC(=O)[C@@H]1C[C@@H](OCc2ccccc2)CN1C(=O)[C@@H](NC(=O)[C@H]([C@@H](C)CC)N(O)C(=O)[C@@H](CCC(=O)O)NC(=O)[C@H](CC(=O)O)NC(C)=O)C(C)C)C(=O)CCc1nc(-c2ccccn2)no1. The number of hydrogen-bond acceptors (Lipinski definition) is 15. The third-order valence-electron chi connectivity index (χ3n) is 11.6. The van der Waals surface area contributed by atoms with Gasteiger partial charge in [-0.1, -0.05) is 82.6 Å². The van der Waals surface area contributed by atoms with Gasteiger partial charge in [-0.3, -0.25) is 63.8 Å². The standard InChI is InChI=1S/C47H64N10O14/c1-7-22-56(37(59)19-18-36-51-42(54-71-36)32-16-12-13-21-48-32)53-44(65)35-23-31(70-26-30-14-10-9-11-15-30)25-55(35)47(68)40(27(3)4)52-45(66)41(28(5)8-2)57(69)46(67)33(17-20-38(60)61)50-43(64)34(24-39(62)63)49-29(6)58/h9-16,21,27-28,31,33-35,40-41,69H,7-8,17-20,22-26H2,1-6H3,(H,49,58)(H,50,64)(H,52,66)(H,53,65)(H,60,61)(H,62,63)/t28-,31+,33+,34-,35-,40-,41-/m0/s1. The van der Waals surface area contributed by atoms with Gasteiger partial charge in [-0.05, 0) is 42.4 Å². The van der Waals surface area contributed by atoms with Gasteiger partial charge in [0.1, 0.15) is 35.9 Å². The predicted octanol–water partition coefficient (Wildman–Crippen LogP) is 1.62. The van der Waals surface area contributed by atoms with Gasteiger partial charge in [0.2, 0.25) is 41.3 Å². The van der Waals surface area contributed by atoms with E-state index in [2.05, 4.69) is 36.5 Å². The Morgan fingerprint density at radius 3 is 2.20 bits per heavy atom. The van der Waals surface area contributed by atoms with Gasteiger partial charge in [0.05, 0.1) is 19.1 Å². The molecule has 7 amide bonds. The molecule has 24 nitrogen and oxygen atoms in total. The highest BCUT2D eigenvalue weighted by Gasteiger charge is 2.45. The van der Waals surface area contributed by atoms with Gasteiger partial charge >= 0.3 is 11.9 Å². The van der Waals surface area contributed by atoms with Gasteiger partial charge in [0.25, 0.3) is 11.8 Å². The van der Waals surface area contributed by atoms with Crippen LogP contribution in [0.2, 0.25) is 0 Å². The highest BCUT2D eigenvalue weighted by Crippen LogP contribution is 2.26. The summed E-state index contributed by atoms with van der Waals surface area (Å²) in [5.41, 5.74) is 4.00. The van der Waals surface area contributed by atoms with Gasteiger partial charge in [0, 0.05) is 51.9 Å². The van der Waals surface area contributed by atoms with Gasteiger partial charge < -0.3 is 40.3 Å². The average Bonchev–Trinajstić information content (AvgIpc) is 4.00. The van der Waals surface area contributed by atoms with Crippen LogP contribution < -0.4 is 21.4 Å². The zero-order valence-corrected chi connectivity index (χ0v) is 40.6. The van der Waals surface area contributed by atoms with Crippen LogP contribution in [0.4, 0.5) is 0 Å². The largest absolute Gasteiger partial charge is 0.481 e. The van der Waals surface area contributed by atoms with Crippen molar-refractivity contribution in [3.8, 4) is 11.5 Å². The Morgan fingerprint density at radius 1 is 0.887 bits per heavy atom. The zero-order chi connectivity index (χ0) is 52.4. The normalized spacial score (nSPS) is 16.4. The smallest absolute Gasteiger partial charge is 0.305 e. The molecule has 1 aromatic carbocycles. The molecular formula is C47H64N10O14. The summed E-state index contributed by atoms with van der Waals surface area (Å²) in [4.78, 5) is 129. The minimum absolute atomic E-state index is 0.00271. The number of aliphatic carboxylic acids is 2. The number of nitrogens with one attached hydrogen (secondary N) is 4. The Hall–Kier alpha value is -7.34. The molecule has 0 unspecified atom stereocenters. The highest BCUT2D eigenvalue weighted by molar-refractivity contribution is 5.97. The number of nitrogens with zero attached hydrogens (tertiary/aromatic N) is 6. The molecule has 1 fully saturated rings. The summed E-state index contributed by atoms with van der Waals surface area (Å²) in [5.74, 6) is -10.2. The minimum atomic E-state index is -1.82. The number of aryl methyl sites for hydroxylation is 1. The number of likely N-dealkylation sites (tertiary alicyclic amines) is 1. The van der Waals surface area contributed by atoms with Gasteiger partial charge in [0.15, 0.2) is 0 Å². The van der Waals surface area contributed by atoms with E-state index in [0.29, 0.717) is 12.1 Å². The van der Waals surface area contributed by atoms with Crippen LogP contribution >= 0.6 is 0 Å². The summed E-state index contributed by atoms with van der Waals surface area (Å²) in [7, 11) is 0. The van der Waals surface area contributed by atoms with Crippen molar-refractivity contribution in [2.24, 2.45) is 11.8 Å². The van der Waals surface area contributed by atoms with Gasteiger partial charge in [-0.25, -0.2) is 5.06 Å². The van der Waals surface area contributed by atoms with Crippen molar-refractivity contribution >= 4 is 53.3 Å². The number of amides is 7. The molecular weight excluding hydrogens is 929 g/mol. The fraction of sp³-hybridized carbons (Fsp3) is 0.532. The number of aromatic nitrogens is 3. The molecule has 2 aromatic heterocycles. The predicted molar refractivity (Wildman–Crippen MR) is 248 cm³/mol. The number of hydrazine groups is 1. The van der Waals surface area contributed by atoms with Crippen molar-refractivity contribution in [2.75, 3.05) is 13.1 Å². The lowest BCUT2D eigenvalue weighted by Crippen LogP contribution is -2.62. The number of carbonyl (C=O) groups is 9. The Balaban J connectivity index is 1.57. The lowest BCUT2D eigenvalue weighted by Gasteiger charge is -2.35. The van der Waals surface area contributed by atoms with Crippen molar-refractivity contribution in [3.05, 3.63) is 66.2 Å². The first kappa shape index (κ1) is 56.2. The fourth-order valence-electron chi connectivity index (χ4n) is 7.67. The Morgan fingerprint density at radius 2 is 1.59 bits per heavy atom. The molecule has 7 N–H and O–H groups in total. The van der Waals surface area contributed by atoms with Crippen LogP contribution in [0, 0.1) is 11.8 Å². The van der Waals surface area contributed by atoms with Crippen LogP contribution in [0.5, 0.6) is 0 Å². The van der Waals surface area contributed by atoms with Gasteiger partial charge in [-0.15, -0.1) is 0 Å². The second kappa shape index (κ2) is 27.2. The molecule has 3 heterocycles. The van der Waals surface area contributed by atoms with E-state index in [1.165, 1.54) is 11.8 Å². The first-order chi connectivity index (χ1) is 33.7. The van der Waals surface area contributed by atoms with Crippen LogP contribution in [0.3, 0.4) is 0 Å². The summed E-state index contributed by atoms with van der Waals surface area (Å²) in [6.45, 7) is 9.42. The van der Waals surface area contributed by atoms with E-state index in [1.807, 2.05) is 37.3 Å². The quantitative estimate of drug-likeness (QED) is 0.0444. The highest BCUT2D eigenvalue weighted by atomic mass is 16.5. The summed E-state index contributed by atoms with van der Waals surface area (Å²) in [6.07, 6.45) is -0.776. The molecule has 0 saturated carbocycles. The van der Waals surface area contributed by atoms with E-state index in [4.69, 9.17) is 9.26 Å². The van der Waals surface area contributed by atoms with Crippen LogP contribution in [-0.2, 0) is 60.9 Å². The van der Waals surface area contributed by atoms with Crippen LogP contribution in [-0.4, -0.2) is 148 Å². The van der Waals surface area contributed by atoms with Crippen molar-refractivity contribution in [2.45, 2.75) is 136 Å². The summed E-state index contributed by atoms with van der Waals surface area (Å²) in [6, 6.07) is 6.57. The average molecular weight is 993 g/mol. The van der Waals surface area contributed by atoms with E-state index in [9.17, 15) is 58.6 Å². The van der Waals surface area contributed by atoms with E-state index >= 15 is 0 Å². The maximum Gasteiger partial charge on any atom is 0.305 e. The van der Waals surface area contributed by atoms with Crippen molar-refractivity contribution in [1.82, 2.24) is 51.5 Å². The minimum Gasteiger partial charge on any atom is -0.481 e. The third-order valence-corrected chi connectivity index (χ3v) is 11.6. The molecule has 24 heteroatoms. The number of ether oxygens (including phenoxy) is 1. The number of pyridine rings is 1. The number of hydrogen-bond donors (Lipinski definition) is 7. The first-order valence-electron chi connectivity index (χ1n) is 23.4. The van der Waals surface area contributed by atoms with Crippen LogP contribution in [0.15, 0.2) is 59.3 Å². The second-order valence-corrected chi connectivity index (χ2v) is 17.5. The molecule has 71 heavy (non-hydrogen) atoms. The monoisotopic (exact) mass is 992 g/mol. The molecule has 3 aromatic rings.